The Hall–Kier alpha value is -2.86. The van der Waals surface area contributed by atoms with Crippen molar-refractivity contribution in [2.45, 2.75) is 5.16 Å². The lowest BCUT2D eigenvalue weighted by Crippen LogP contribution is -2.14. The molecule has 0 aliphatic rings. The van der Waals surface area contributed by atoms with Crippen LogP contribution in [-0.4, -0.2) is 21.6 Å². The van der Waals surface area contributed by atoms with Gasteiger partial charge in [-0.3, -0.25) is 4.79 Å². The van der Waals surface area contributed by atoms with E-state index in [1.165, 1.54) is 11.8 Å². The second-order valence-electron chi connectivity index (χ2n) is 6.65. The fourth-order valence-corrected chi connectivity index (χ4v) is 4.14. The number of amides is 1. The largest absolute Gasteiger partial charge is 0.325 e. The monoisotopic (exact) mass is 465 g/mol. The SMILES string of the molecule is O=C(CSc1nc(-c2ccccc2)cc(-c2ccccc2)n1)Nc1cc(Cl)cc(Cl)c1. The second kappa shape index (κ2) is 9.96. The number of hydrogen-bond donors (Lipinski definition) is 1. The van der Waals surface area contributed by atoms with Gasteiger partial charge in [-0.1, -0.05) is 95.6 Å². The molecule has 154 valence electrons. The Morgan fingerprint density at radius 1 is 0.774 bits per heavy atom. The molecule has 4 rings (SSSR count). The van der Waals surface area contributed by atoms with E-state index in [2.05, 4.69) is 15.3 Å². The smallest absolute Gasteiger partial charge is 0.234 e. The van der Waals surface area contributed by atoms with Crippen molar-refractivity contribution in [2.75, 3.05) is 11.1 Å². The van der Waals surface area contributed by atoms with Crippen LogP contribution >= 0.6 is 35.0 Å². The number of hydrogen-bond acceptors (Lipinski definition) is 4. The Bertz CT molecular complexity index is 1130. The summed E-state index contributed by atoms with van der Waals surface area (Å²) in [6.45, 7) is 0. The standard InChI is InChI=1S/C24H17Cl2N3OS/c25-18-11-19(26)13-20(12-18)27-23(30)15-31-24-28-21(16-7-3-1-4-8-16)14-22(29-24)17-9-5-2-6-10-17/h1-14H,15H2,(H,27,30). The number of rotatable bonds is 6. The maximum atomic E-state index is 12.4. The van der Waals surface area contributed by atoms with Crippen molar-refractivity contribution in [1.29, 1.82) is 0 Å². The molecule has 31 heavy (non-hydrogen) atoms. The summed E-state index contributed by atoms with van der Waals surface area (Å²) in [5, 5.41) is 4.25. The molecule has 0 unspecified atom stereocenters. The maximum Gasteiger partial charge on any atom is 0.234 e. The van der Waals surface area contributed by atoms with Crippen molar-refractivity contribution in [3.8, 4) is 22.5 Å². The van der Waals surface area contributed by atoms with Gasteiger partial charge in [0.2, 0.25) is 5.91 Å². The van der Waals surface area contributed by atoms with Crippen LogP contribution in [0.2, 0.25) is 10.0 Å². The van der Waals surface area contributed by atoms with Crippen LogP contribution in [0, 0.1) is 0 Å². The van der Waals surface area contributed by atoms with Crippen molar-refractivity contribution in [3.05, 3.63) is 95.0 Å². The van der Waals surface area contributed by atoms with Gasteiger partial charge in [0.1, 0.15) is 0 Å². The normalized spacial score (nSPS) is 10.6. The first-order valence-electron chi connectivity index (χ1n) is 9.45. The van der Waals surface area contributed by atoms with E-state index < -0.39 is 0 Å². The molecule has 0 radical (unpaired) electrons. The van der Waals surface area contributed by atoms with Gasteiger partial charge in [0.05, 0.1) is 17.1 Å². The first-order valence-corrected chi connectivity index (χ1v) is 11.2. The van der Waals surface area contributed by atoms with E-state index in [1.54, 1.807) is 18.2 Å². The maximum absolute atomic E-state index is 12.4. The Balaban J connectivity index is 1.56. The molecular formula is C24H17Cl2N3OS. The molecular weight excluding hydrogens is 449 g/mol. The number of carbonyl (C=O) groups is 1. The molecule has 0 saturated heterocycles. The lowest BCUT2D eigenvalue weighted by Gasteiger charge is -2.09. The highest BCUT2D eigenvalue weighted by Crippen LogP contribution is 2.27. The van der Waals surface area contributed by atoms with Crippen molar-refractivity contribution >= 4 is 46.6 Å². The molecule has 0 atom stereocenters. The Kier molecular flexibility index (Phi) is 6.87. The summed E-state index contributed by atoms with van der Waals surface area (Å²) in [5.41, 5.74) is 4.13. The Morgan fingerprint density at radius 2 is 1.29 bits per heavy atom. The zero-order chi connectivity index (χ0) is 21.6. The van der Waals surface area contributed by atoms with Gasteiger partial charge in [-0.25, -0.2) is 9.97 Å². The quantitative estimate of drug-likeness (QED) is 0.250. The Labute approximate surface area is 194 Å². The van der Waals surface area contributed by atoms with Crippen LogP contribution in [0.25, 0.3) is 22.5 Å². The lowest BCUT2D eigenvalue weighted by atomic mass is 10.1. The molecule has 1 aromatic heterocycles. The molecule has 4 aromatic rings. The summed E-state index contributed by atoms with van der Waals surface area (Å²) in [6, 6.07) is 26.7. The number of thioether (sulfide) groups is 1. The fourth-order valence-electron chi connectivity index (χ4n) is 2.96. The van der Waals surface area contributed by atoms with Crippen LogP contribution in [0.1, 0.15) is 0 Å². The van der Waals surface area contributed by atoms with Gasteiger partial charge in [0, 0.05) is 26.9 Å². The average molecular weight is 466 g/mol. The van der Waals surface area contributed by atoms with E-state index >= 15 is 0 Å². The molecule has 0 bridgehead atoms. The molecule has 0 saturated carbocycles. The number of aromatic nitrogens is 2. The van der Waals surface area contributed by atoms with E-state index in [0.29, 0.717) is 20.9 Å². The summed E-state index contributed by atoms with van der Waals surface area (Å²) in [6.07, 6.45) is 0. The molecule has 3 aromatic carbocycles. The lowest BCUT2D eigenvalue weighted by molar-refractivity contribution is -0.113. The van der Waals surface area contributed by atoms with Gasteiger partial charge < -0.3 is 5.32 Å². The topological polar surface area (TPSA) is 54.9 Å². The molecule has 0 spiro atoms. The minimum absolute atomic E-state index is 0.149. The second-order valence-corrected chi connectivity index (χ2v) is 8.46. The third-order valence-electron chi connectivity index (χ3n) is 4.32. The van der Waals surface area contributed by atoms with Gasteiger partial charge >= 0.3 is 0 Å². The van der Waals surface area contributed by atoms with Gasteiger partial charge in [-0.2, -0.15) is 0 Å². The summed E-state index contributed by atoms with van der Waals surface area (Å²) in [5.74, 6) is -0.0466. The molecule has 7 heteroatoms. The highest BCUT2D eigenvalue weighted by Gasteiger charge is 2.11. The van der Waals surface area contributed by atoms with Crippen molar-refractivity contribution in [3.63, 3.8) is 0 Å². The number of benzene rings is 3. The van der Waals surface area contributed by atoms with Crippen molar-refractivity contribution in [2.24, 2.45) is 0 Å². The minimum Gasteiger partial charge on any atom is -0.325 e. The van der Waals surface area contributed by atoms with E-state index in [0.717, 1.165) is 22.5 Å². The van der Waals surface area contributed by atoms with Crippen molar-refractivity contribution in [1.82, 2.24) is 9.97 Å². The number of halogens is 2. The summed E-state index contributed by atoms with van der Waals surface area (Å²) < 4.78 is 0. The number of carbonyl (C=O) groups excluding carboxylic acids is 1. The van der Waals surface area contributed by atoms with Crippen LogP contribution in [0.5, 0.6) is 0 Å². The minimum atomic E-state index is -0.196. The highest BCUT2D eigenvalue weighted by atomic mass is 35.5. The third-order valence-corrected chi connectivity index (χ3v) is 5.61. The average Bonchev–Trinajstić information content (AvgIpc) is 2.78. The molecule has 4 nitrogen and oxygen atoms in total. The molecule has 0 fully saturated rings. The molecule has 0 aliphatic heterocycles. The first kappa shape index (κ1) is 21.4. The Morgan fingerprint density at radius 3 is 1.81 bits per heavy atom. The van der Waals surface area contributed by atoms with Crippen LogP contribution in [-0.2, 0) is 4.79 Å². The summed E-state index contributed by atoms with van der Waals surface area (Å²) >= 11 is 13.3. The van der Waals surface area contributed by atoms with E-state index in [-0.39, 0.29) is 11.7 Å². The first-order chi connectivity index (χ1) is 15.1. The molecule has 0 aliphatic carbocycles. The molecule has 1 amide bonds. The summed E-state index contributed by atoms with van der Waals surface area (Å²) in [4.78, 5) is 21.8. The van der Waals surface area contributed by atoms with E-state index in [9.17, 15) is 4.79 Å². The van der Waals surface area contributed by atoms with Crippen LogP contribution < -0.4 is 5.32 Å². The number of nitrogens with one attached hydrogen (secondary N) is 1. The summed E-state index contributed by atoms with van der Waals surface area (Å²) in [7, 11) is 0. The molecule has 1 heterocycles. The molecule has 1 N–H and O–H groups in total. The van der Waals surface area contributed by atoms with Gasteiger partial charge in [0.25, 0.3) is 0 Å². The zero-order valence-corrected chi connectivity index (χ0v) is 18.6. The van der Waals surface area contributed by atoms with Crippen LogP contribution in [0.15, 0.2) is 90.1 Å². The number of nitrogens with zero attached hydrogens (tertiary/aromatic N) is 2. The van der Waals surface area contributed by atoms with Crippen LogP contribution in [0.3, 0.4) is 0 Å². The van der Waals surface area contributed by atoms with E-state index in [1.807, 2.05) is 66.7 Å². The van der Waals surface area contributed by atoms with Gasteiger partial charge in [-0.15, -0.1) is 0 Å². The highest BCUT2D eigenvalue weighted by molar-refractivity contribution is 7.99. The number of anilines is 1. The van der Waals surface area contributed by atoms with Gasteiger partial charge in [0.15, 0.2) is 5.16 Å². The van der Waals surface area contributed by atoms with Gasteiger partial charge in [-0.05, 0) is 24.3 Å². The zero-order valence-electron chi connectivity index (χ0n) is 16.3. The third kappa shape index (κ3) is 5.85. The predicted octanol–water partition coefficient (Wildman–Crippen LogP) is 6.85. The fraction of sp³-hybridized carbons (Fsp3) is 0.0417. The van der Waals surface area contributed by atoms with Crippen LogP contribution in [0.4, 0.5) is 5.69 Å². The van der Waals surface area contributed by atoms with Crippen molar-refractivity contribution < 1.29 is 4.79 Å². The van der Waals surface area contributed by atoms with E-state index in [4.69, 9.17) is 23.2 Å². The predicted molar refractivity (Wildman–Crippen MR) is 129 cm³/mol.